The molecule has 7 aromatic heterocycles. The highest BCUT2D eigenvalue weighted by atomic mass is 14.9. The van der Waals surface area contributed by atoms with Gasteiger partial charge in [0, 0.05) is 112 Å². The van der Waals surface area contributed by atoms with Gasteiger partial charge in [-0.1, -0.05) is 140 Å². The molecule has 0 radical (unpaired) electrons. The van der Waals surface area contributed by atoms with Gasteiger partial charge in [0.05, 0.1) is 89.6 Å². The van der Waals surface area contributed by atoms with E-state index in [-0.39, 0.29) is 0 Å². The van der Waals surface area contributed by atoms with Crippen molar-refractivity contribution < 1.29 is 0 Å². The fraction of sp³-hybridized carbons (Fsp3) is 0.0610. The van der Waals surface area contributed by atoms with Gasteiger partial charge < -0.3 is 0 Å². The van der Waals surface area contributed by atoms with Crippen LogP contribution in [0.1, 0.15) is 66.8 Å². The highest BCUT2D eigenvalue weighted by Crippen LogP contribution is 2.50. The fourth-order valence-corrected chi connectivity index (χ4v) is 15.7. The Morgan fingerprint density at radius 1 is 0.204 bits per heavy atom. The Balaban J connectivity index is 0.759. The Morgan fingerprint density at radius 2 is 0.430 bits per heavy atom. The Bertz CT molecular complexity index is 5340. The van der Waals surface area contributed by atoms with Gasteiger partial charge in [0.25, 0.3) is 0 Å². The molecule has 0 aliphatic carbocycles. The van der Waals surface area contributed by atoms with Crippen LogP contribution in [-0.2, 0) is 31.1 Å². The summed E-state index contributed by atoms with van der Waals surface area (Å²) in [6, 6.07) is 74.4. The Morgan fingerprint density at radius 3 is 0.731 bits per heavy atom. The minimum absolute atomic E-state index is 0.672. The maximum Gasteiger partial charge on any atom is 0.0986 e. The van der Waals surface area contributed by atoms with E-state index < -0.39 is 5.41 Å². The average Bonchev–Trinajstić information content (AvgIpc) is 1.77. The molecule has 432 valence electrons. The molecule has 0 atom stereocenters. The van der Waals surface area contributed by atoms with E-state index in [0.717, 1.165) is 172 Å². The average molecular weight is 1190 g/mol. The van der Waals surface area contributed by atoms with E-state index in [0.29, 0.717) is 25.7 Å². The number of pyridine rings is 7. The van der Waals surface area contributed by atoms with E-state index in [1.807, 2.05) is 85.8 Å². The largest absolute Gasteiger partial charge is 0.256 e. The zero-order valence-corrected chi connectivity index (χ0v) is 49.9. The number of hydrogen-bond donors (Lipinski definition) is 0. The van der Waals surface area contributed by atoms with Gasteiger partial charge in [-0.25, -0.2) is 0 Å². The molecule has 0 saturated carbocycles. The van der Waals surface area contributed by atoms with Gasteiger partial charge in [-0.3, -0.25) is 54.9 Å². The lowest BCUT2D eigenvalue weighted by molar-refractivity contribution is 0.744. The predicted molar refractivity (Wildman–Crippen MR) is 375 cm³/mol. The van der Waals surface area contributed by atoms with Gasteiger partial charge in [0.1, 0.15) is 0 Å². The van der Waals surface area contributed by atoms with Crippen molar-refractivity contribution in [3.05, 3.63) is 316 Å². The molecule has 0 unspecified atom stereocenters. The molecule has 0 saturated heterocycles. The van der Waals surface area contributed by atoms with Crippen LogP contribution >= 0.6 is 0 Å². The van der Waals surface area contributed by atoms with Crippen LogP contribution in [0.3, 0.4) is 0 Å². The van der Waals surface area contributed by atoms with Crippen molar-refractivity contribution >= 4 is 133 Å². The monoisotopic (exact) mass is 1190 g/mol. The second-order valence-electron chi connectivity index (χ2n) is 24.7. The molecule has 0 spiro atoms. The maximum absolute atomic E-state index is 5.48. The second-order valence-corrected chi connectivity index (χ2v) is 24.7. The third-order valence-electron chi connectivity index (χ3n) is 19.9. The van der Waals surface area contributed by atoms with Crippen LogP contribution in [0.2, 0.25) is 0 Å². The molecule has 11 heteroatoms. The van der Waals surface area contributed by atoms with Crippen molar-refractivity contribution in [2.24, 2.45) is 20.0 Å². The number of rotatable bonds is 8. The number of benzene rings is 9. The molecule has 11 nitrogen and oxygen atoms in total. The van der Waals surface area contributed by atoms with Crippen molar-refractivity contribution in [2.75, 3.05) is 0 Å². The van der Waals surface area contributed by atoms with E-state index in [1.54, 1.807) is 0 Å². The lowest BCUT2D eigenvalue weighted by atomic mass is 9.64. The standard InChI is InChI=1S/C82H49N11/c1-2-11-55-54(10-1)63-42-67(90-72(63)59-15-6-35-83-71(55)59)46-19-27-50(28-20-46)82(51-29-21-47(22-30-51)68-43-64-56-12-3-36-84-76(56)79-60(73(64)91-68)16-7-39-87-79,52-31-23-48(24-32-52)69-44-65-57-13-4-37-85-77(57)80-61(74(65)92-69)17-8-40-88-80)53-33-25-49(26-34-53)70-45-66-58-14-5-38-86-78(58)81-62(75(66)93-70)18-9-41-89-81/h1-41H,42-45H2. The van der Waals surface area contributed by atoms with Gasteiger partial charge in [-0.2, -0.15) is 0 Å². The van der Waals surface area contributed by atoms with Crippen molar-refractivity contribution in [2.45, 2.75) is 31.1 Å². The smallest absolute Gasteiger partial charge is 0.0986 e. The SMILES string of the molecule is c1ccc2c(c1)c1c(c3cccnc32)N=C(c2ccc(C(c3ccc(C4=Nc5c(c6cccnc6c6ncccc56)C4)cc3)(c3ccc(C4=Nc5c(c6cccnc6c6ncccc56)C4)cc3)c3ccc(C4=Nc5c(c6cccnc6c6ncccc56)C4)cc3)cc2)C1. The van der Waals surface area contributed by atoms with Crippen LogP contribution in [0.4, 0.5) is 22.7 Å². The number of fused-ring (bicyclic) bond motifs is 24. The van der Waals surface area contributed by atoms with Crippen LogP contribution in [0, 0.1) is 0 Å². The molecule has 9 aromatic carbocycles. The van der Waals surface area contributed by atoms with Crippen LogP contribution in [0.15, 0.2) is 270 Å². The van der Waals surface area contributed by atoms with E-state index in [4.69, 9.17) is 54.9 Å². The molecule has 0 amide bonds. The summed E-state index contributed by atoms with van der Waals surface area (Å²) in [5.74, 6) is 0. The van der Waals surface area contributed by atoms with Crippen LogP contribution in [-0.4, -0.2) is 57.7 Å². The quantitative estimate of drug-likeness (QED) is 0.109. The third kappa shape index (κ3) is 7.62. The molecule has 93 heavy (non-hydrogen) atoms. The molecule has 4 aliphatic heterocycles. The summed E-state index contributed by atoms with van der Waals surface area (Å²) in [5, 5.41) is 9.70. The van der Waals surface area contributed by atoms with E-state index in [2.05, 4.69) is 164 Å². The lowest BCUT2D eigenvalue weighted by Gasteiger charge is -2.37. The fourth-order valence-electron chi connectivity index (χ4n) is 15.7. The van der Waals surface area contributed by atoms with Gasteiger partial charge in [0.15, 0.2) is 0 Å². The molecule has 0 N–H and O–H groups in total. The van der Waals surface area contributed by atoms with E-state index >= 15 is 0 Å². The van der Waals surface area contributed by atoms with Crippen molar-refractivity contribution in [3.8, 4) is 0 Å². The first kappa shape index (κ1) is 51.7. The summed E-state index contributed by atoms with van der Waals surface area (Å²) < 4.78 is 0. The summed E-state index contributed by atoms with van der Waals surface area (Å²) in [4.78, 5) is 55.7. The third-order valence-corrected chi connectivity index (χ3v) is 19.9. The van der Waals surface area contributed by atoms with Gasteiger partial charge in [-0.05, 0) is 139 Å². The van der Waals surface area contributed by atoms with Gasteiger partial charge >= 0.3 is 0 Å². The number of nitrogens with zero attached hydrogens (tertiary/aromatic N) is 11. The van der Waals surface area contributed by atoms with Crippen LogP contribution in [0.5, 0.6) is 0 Å². The topological polar surface area (TPSA) is 140 Å². The van der Waals surface area contributed by atoms with Crippen LogP contribution < -0.4 is 0 Å². The normalized spacial score (nSPS) is 14.1. The Labute approximate surface area is 532 Å². The maximum atomic E-state index is 5.48. The molecule has 4 aliphatic rings. The van der Waals surface area contributed by atoms with E-state index in [1.165, 1.54) is 27.6 Å². The molecular formula is C82H49N11. The number of hydrogen-bond acceptors (Lipinski definition) is 11. The molecular weight excluding hydrogens is 1140 g/mol. The Hall–Kier alpha value is -12.2. The summed E-state index contributed by atoms with van der Waals surface area (Å²) in [5.41, 5.74) is 26.8. The first-order valence-electron chi connectivity index (χ1n) is 31.5. The van der Waals surface area contributed by atoms with Gasteiger partial charge in [0.2, 0.25) is 0 Å². The van der Waals surface area contributed by atoms with Gasteiger partial charge in [-0.15, -0.1) is 0 Å². The minimum Gasteiger partial charge on any atom is -0.256 e. The first-order valence-corrected chi connectivity index (χ1v) is 31.5. The zero-order chi connectivity index (χ0) is 60.9. The lowest BCUT2D eigenvalue weighted by Crippen LogP contribution is -2.31. The Kier molecular flexibility index (Phi) is 11.0. The van der Waals surface area contributed by atoms with Crippen molar-refractivity contribution in [1.82, 2.24) is 34.9 Å². The zero-order valence-electron chi connectivity index (χ0n) is 49.9. The molecule has 11 heterocycles. The summed E-state index contributed by atoms with van der Waals surface area (Å²) in [6.45, 7) is 0. The number of aliphatic imine (C=N–C) groups is 4. The molecule has 20 rings (SSSR count). The molecule has 0 bridgehead atoms. The molecule has 0 fully saturated rings. The van der Waals surface area contributed by atoms with E-state index in [9.17, 15) is 0 Å². The summed E-state index contributed by atoms with van der Waals surface area (Å²) >= 11 is 0. The highest BCUT2D eigenvalue weighted by Gasteiger charge is 2.40. The van der Waals surface area contributed by atoms with Crippen molar-refractivity contribution in [3.63, 3.8) is 0 Å². The van der Waals surface area contributed by atoms with Crippen LogP contribution in [0.25, 0.3) is 87.1 Å². The second kappa shape index (κ2) is 19.9. The first-order chi connectivity index (χ1) is 46.1. The highest BCUT2D eigenvalue weighted by molar-refractivity contribution is 6.22. The minimum atomic E-state index is -0.870. The summed E-state index contributed by atoms with van der Waals surface area (Å²) in [7, 11) is 0. The molecule has 16 aromatic rings. The van der Waals surface area contributed by atoms with Crippen molar-refractivity contribution in [1.29, 1.82) is 0 Å². The summed E-state index contributed by atoms with van der Waals surface area (Å²) in [6.07, 6.45) is 15.7. The number of aromatic nitrogens is 7. The predicted octanol–water partition coefficient (Wildman–Crippen LogP) is 17.8.